The molecule has 1 atom stereocenters. The van der Waals surface area contributed by atoms with Gasteiger partial charge in [0.2, 0.25) is 0 Å². The molecule has 0 radical (unpaired) electrons. The third kappa shape index (κ3) is 2.02. The van der Waals surface area contributed by atoms with Crippen molar-refractivity contribution in [2.24, 2.45) is 0 Å². The van der Waals surface area contributed by atoms with Crippen LogP contribution in [0.5, 0.6) is 0 Å². The highest BCUT2D eigenvalue weighted by Crippen LogP contribution is 2.10. The summed E-state index contributed by atoms with van der Waals surface area (Å²) in [6, 6.07) is 1.89. The average molecular weight is 209 g/mol. The fourth-order valence-electron chi connectivity index (χ4n) is 1.76. The Hall–Kier alpha value is -1.36. The standard InChI is InChI=1S/C10H15N3O2/c1-7-6-11-3-4-13(7)10(14)9-5-8(2)15-12-9/h5,7,11H,3-4,6H2,1-2H3. The number of rotatable bonds is 1. The molecule has 15 heavy (non-hydrogen) atoms. The molecule has 0 aliphatic carbocycles. The smallest absolute Gasteiger partial charge is 0.276 e. The van der Waals surface area contributed by atoms with E-state index in [2.05, 4.69) is 10.5 Å². The first kappa shape index (κ1) is 10.2. The van der Waals surface area contributed by atoms with Crippen molar-refractivity contribution in [3.8, 4) is 0 Å². The van der Waals surface area contributed by atoms with Crippen LogP contribution in [-0.4, -0.2) is 41.6 Å². The van der Waals surface area contributed by atoms with Crippen molar-refractivity contribution in [2.75, 3.05) is 19.6 Å². The molecule has 5 heteroatoms. The minimum absolute atomic E-state index is 0.0409. The molecule has 0 spiro atoms. The highest BCUT2D eigenvalue weighted by molar-refractivity contribution is 5.92. The molecule has 2 heterocycles. The third-order valence-electron chi connectivity index (χ3n) is 2.61. The number of carbonyl (C=O) groups excluding carboxylic acids is 1. The zero-order chi connectivity index (χ0) is 10.8. The minimum Gasteiger partial charge on any atom is -0.361 e. The highest BCUT2D eigenvalue weighted by atomic mass is 16.5. The molecule has 1 aromatic rings. The molecule has 1 N–H and O–H groups in total. The zero-order valence-corrected chi connectivity index (χ0v) is 8.99. The lowest BCUT2D eigenvalue weighted by atomic mass is 10.2. The minimum atomic E-state index is -0.0409. The molecule has 1 saturated heterocycles. The van der Waals surface area contributed by atoms with Crippen molar-refractivity contribution < 1.29 is 9.32 Å². The van der Waals surface area contributed by atoms with Gasteiger partial charge in [0.25, 0.3) is 5.91 Å². The Kier molecular flexibility index (Phi) is 2.73. The number of nitrogens with zero attached hydrogens (tertiary/aromatic N) is 2. The summed E-state index contributed by atoms with van der Waals surface area (Å²) in [6.45, 7) is 6.21. The van der Waals surface area contributed by atoms with Crippen molar-refractivity contribution in [3.63, 3.8) is 0 Å². The van der Waals surface area contributed by atoms with Gasteiger partial charge in [-0.25, -0.2) is 0 Å². The summed E-state index contributed by atoms with van der Waals surface area (Å²) in [7, 11) is 0. The van der Waals surface area contributed by atoms with E-state index in [1.54, 1.807) is 13.0 Å². The summed E-state index contributed by atoms with van der Waals surface area (Å²) in [5.74, 6) is 0.627. The predicted octanol–water partition coefficient (Wildman–Crippen LogP) is 0.417. The first-order valence-electron chi connectivity index (χ1n) is 5.13. The van der Waals surface area contributed by atoms with E-state index in [1.165, 1.54) is 0 Å². The molecule has 5 nitrogen and oxygen atoms in total. The molecule has 0 aromatic carbocycles. The molecule has 1 amide bonds. The Bertz CT molecular complexity index is 361. The summed E-state index contributed by atoms with van der Waals surface area (Å²) in [5.41, 5.74) is 0.404. The van der Waals surface area contributed by atoms with Gasteiger partial charge in [-0.2, -0.15) is 0 Å². The first-order chi connectivity index (χ1) is 7.18. The van der Waals surface area contributed by atoms with Crippen LogP contribution in [0.15, 0.2) is 10.6 Å². The Morgan fingerprint density at radius 2 is 2.53 bits per heavy atom. The first-order valence-corrected chi connectivity index (χ1v) is 5.13. The van der Waals surface area contributed by atoms with Crippen LogP contribution >= 0.6 is 0 Å². The van der Waals surface area contributed by atoms with Gasteiger partial charge >= 0.3 is 0 Å². The summed E-state index contributed by atoms with van der Waals surface area (Å²) >= 11 is 0. The number of aromatic nitrogens is 1. The highest BCUT2D eigenvalue weighted by Gasteiger charge is 2.25. The number of nitrogens with one attached hydrogen (secondary N) is 1. The largest absolute Gasteiger partial charge is 0.361 e. The monoisotopic (exact) mass is 209 g/mol. The van der Waals surface area contributed by atoms with Gasteiger partial charge in [-0.3, -0.25) is 4.79 Å². The SMILES string of the molecule is Cc1cc(C(=O)N2CCNCC2C)no1. The molecular weight excluding hydrogens is 194 g/mol. The topological polar surface area (TPSA) is 58.4 Å². The lowest BCUT2D eigenvalue weighted by Crippen LogP contribution is -2.52. The second-order valence-electron chi connectivity index (χ2n) is 3.87. The van der Waals surface area contributed by atoms with Crippen LogP contribution in [0.4, 0.5) is 0 Å². The van der Waals surface area contributed by atoms with Crippen LogP contribution in [0.3, 0.4) is 0 Å². The number of amides is 1. The Labute approximate surface area is 88.4 Å². The van der Waals surface area contributed by atoms with Gasteiger partial charge in [0, 0.05) is 31.7 Å². The fourth-order valence-corrected chi connectivity index (χ4v) is 1.76. The van der Waals surface area contributed by atoms with E-state index >= 15 is 0 Å². The number of aryl methyl sites for hydroxylation is 1. The predicted molar refractivity (Wildman–Crippen MR) is 54.6 cm³/mol. The van der Waals surface area contributed by atoms with E-state index in [4.69, 9.17) is 4.52 Å². The molecule has 0 bridgehead atoms. The quantitative estimate of drug-likeness (QED) is 0.728. The summed E-state index contributed by atoms with van der Waals surface area (Å²) in [6.07, 6.45) is 0. The van der Waals surface area contributed by atoms with Crippen LogP contribution in [0.25, 0.3) is 0 Å². The molecule has 1 aliphatic heterocycles. The van der Waals surface area contributed by atoms with Gasteiger partial charge in [0.15, 0.2) is 5.69 Å². The maximum Gasteiger partial charge on any atom is 0.276 e. The molecule has 82 valence electrons. The van der Waals surface area contributed by atoms with Crippen LogP contribution < -0.4 is 5.32 Å². The summed E-state index contributed by atoms with van der Waals surface area (Å²) in [4.78, 5) is 13.8. The molecule has 1 fully saturated rings. The number of hydrogen-bond donors (Lipinski definition) is 1. The third-order valence-corrected chi connectivity index (χ3v) is 2.61. The van der Waals surface area contributed by atoms with Crippen molar-refractivity contribution in [1.29, 1.82) is 0 Å². The summed E-state index contributed by atoms with van der Waals surface area (Å²) < 4.78 is 4.90. The van der Waals surface area contributed by atoms with Crippen molar-refractivity contribution in [3.05, 3.63) is 17.5 Å². The van der Waals surface area contributed by atoms with E-state index < -0.39 is 0 Å². The van der Waals surface area contributed by atoms with E-state index in [-0.39, 0.29) is 11.9 Å². The normalized spacial score (nSPS) is 21.7. The van der Waals surface area contributed by atoms with Gasteiger partial charge in [-0.15, -0.1) is 0 Å². The van der Waals surface area contributed by atoms with Gasteiger partial charge < -0.3 is 14.7 Å². The van der Waals surface area contributed by atoms with Gasteiger partial charge in [-0.05, 0) is 13.8 Å². The van der Waals surface area contributed by atoms with Crippen LogP contribution in [0, 0.1) is 6.92 Å². The number of piperazine rings is 1. The van der Waals surface area contributed by atoms with Crippen molar-refractivity contribution >= 4 is 5.91 Å². The molecular formula is C10H15N3O2. The lowest BCUT2D eigenvalue weighted by molar-refractivity contribution is 0.0645. The molecule has 1 aliphatic rings. The lowest BCUT2D eigenvalue weighted by Gasteiger charge is -2.33. The number of carbonyl (C=O) groups is 1. The van der Waals surface area contributed by atoms with Gasteiger partial charge in [0.05, 0.1) is 0 Å². The Balaban J connectivity index is 2.13. The van der Waals surface area contributed by atoms with Gasteiger partial charge in [-0.1, -0.05) is 5.16 Å². The maximum atomic E-state index is 12.0. The van der Waals surface area contributed by atoms with Crippen LogP contribution in [0.1, 0.15) is 23.2 Å². The second kappa shape index (κ2) is 4.02. The van der Waals surface area contributed by atoms with E-state index in [0.29, 0.717) is 11.5 Å². The van der Waals surface area contributed by atoms with Gasteiger partial charge in [0.1, 0.15) is 5.76 Å². The molecule has 2 rings (SSSR count). The maximum absolute atomic E-state index is 12.0. The van der Waals surface area contributed by atoms with Crippen molar-refractivity contribution in [1.82, 2.24) is 15.4 Å². The average Bonchev–Trinajstić information content (AvgIpc) is 2.65. The van der Waals surface area contributed by atoms with Crippen LogP contribution in [-0.2, 0) is 0 Å². The summed E-state index contributed by atoms with van der Waals surface area (Å²) in [5, 5.41) is 6.98. The Morgan fingerprint density at radius 1 is 1.73 bits per heavy atom. The van der Waals surface area contributed by atoms with E-state index in [9.17, 15) is 4.79 Å². The molecule has 0 saturated carbocycles. The fraction of sp³-hybridized carbons (Fsp3) is 0.600. The van der Waals surface area contributed by atoms with Crippen LogP contribution in [0.2, 0.25) is 0 Å². The molecule has 1 aromatic heterocycles. The van der Waals surface area contributed by atoms with Crippen molar-refractivity contribution in [2.45, 2.75) is 19.9 Å². The number of hydrogen-bond acceptors (Lipinski definition) is 4. The Morgan fingerprint density at radius 3 is 3.13 bits per heavy atom. The van der Waals surface area contributed by atoms with E-state index in [0.717, 1.165) is 19.6 Å². The zero-order valence-electron chi connectivity index (χ0n) is 8.99. The van der Waals surface area contributed by atoms with E-state index in [1.807, 2.05) is 11.8 Å². The second-order valence-corrected chi connectivity index (χ2v) is 3.87. The molecule has 1 unspecified atom stereocenters.